The normalized spacial score (nSPS) is 14.0. The van der Waals surface area contributed by atoms with Crippen LogP contribution in [0.3, 0.4) is 0 Å². The number of benzene rings is 1. The standard InChI is InChI=1S/C18H24N4OS/c1-4-9-22-17(14-6-7-14)20-21-18(22)24-11-16(23)19-15-8-5-12(2)13(3)10-15/h5,8,10,14H,4,6-7,9,11H2,1-3H3,(H,19,23). The van der Waals surface area contributed by atoms with Crippen LogP contribution in [0.15, 0.2) is 23.4 Å². The smallest absolute Gasteiger partial charge is 0.234 e. The van der Waals surface area contributed by atoms with Gasteiger partial charge in [0.05, 0.1) is 5.75 Å². The van der Waals surface area contributed by atoms with E-state index in [9.17, 15) is 4.79 Å². The third-order valence-corrected chi connectivity index (χ3v) is 5.22. The topological polar surface area (TPSA) is 59.8 Å². The van der Waals surface area contributed by atoms with Crippen LogP contribution in [0.25, 0.3) is 0 Å². The van der Waals surface area contributed by atoms with Crippen LogP contribution in [-0.4, -0.2) is 26.4 Å². The molecule has 2 aromatic rings. The van der Waals surface area contributed by atoms with Gasteiger partial charge in [-0.15, -0.1) is 10.2 Å². The summed E-state index contributed by atoms with van der Waals surface area (Å²) in [6.07, 6.45) is 3.46. The van der Waals surface area contributed by atoms with Crippen LogP contribution in [0.1, 0.15) is 49.1 Å². The summed E-state index contributed by atoms with van der Waals surface area (Å²) in [6.45, 7) is 7.18. The molecule has 0 aliphatic heterocycles. The predicted molar refractivity (Wildman–Crippen MR) is 97.6 cm³/mol. The van der Waals surface area contributed by atoms with E-state index in [-0.39, 0.29) is 5.91 Å². The predicted octanol–water partition coefficient (Wildman–Crippen LogP) is 3.91. The molecule has 1 N–H and O–H groups in total. The SMILES string of the molecule is CCCn1c(SCC(=O)Nc2ccc(C)c(C)c2)nnc1C1CC1. The number of anilines is 1. The highest BCUT2D eigenvalue weighted by Gasteiger charge is 2.30. The molecule has 3 rings (SSSR count). The number of aryl methyl sites for hydroxylation is 2. The highest BCUT2D eigenvalue weighted by Crippen LogP contribution is 2.40. The van der Waals surface area contributed by atoms with Crippen molar-refractivity contribution in [2.45, 2.75) is 57.7 Å². The van der Waals surface area contributed by atoms with Crippen molar-refractivity contribution in [3.8, 4) is 0 Å². The summed E-state index contributed by atoms with van der Waals surface area (Å²) in [6, 6.07) is 5.97. The van der Waals surface area contributed by atoms with E-state index in [0.29, 0.717) is 11.7 Å². The minimum Gasteiger partial charge on any atom is -0.325 e. The van der Waals surface area contributed by atoms with E-state index in [1.807, 2.05) is 25.1 Å². The molecule has 0 atom stereocenters. The first-order valence-electron chi connectivity index (χ1n) is 8.51. The summed E-state index contributed by atoms with van der Waals surface area (Å²) in [7, 11) is 0. The average molecular weight is 344 g/mol. The molecule has 1 aliphatic rings. The minimum atomic E-state index is -0.0118. The summed E-state index contributed by atoms with van der Waals surface area (Å²) >= 11 is 1.47. The second-order valence-corrected chi connectivity index (χ2v) is 7.35. The van der Waals surface area contributed by atoms with Gasteiger partial charge in [-0.05, 0) is 56.4 Å². The number of rotatable bonds is 7. The molecule has 0 saturated heterocycles. The van der Waals surface area contributed by atoms with Gasteiger partial charge >= 0.3 is 0 Å². The molecule has 128 valence electrons. The Balaban J connectivity index is 1.60. The first-order valence-corrected chi connectivity index (χ1v) is 9.50. The first-order chi connectivity index (χ1) is 11.6. The molecule has 1 saturated carbocycles. The maximum atomic E-state index is 12.2. The van der Waals surface area contributed by atoms with E-state index in [1.54, 1.807) is 0 Å². The Bertz CT molecular complexity index is 737. The van der Waals surface area contributed by atoms with Crippen LogP contribution in [0, 0.1) is 13.8 Å². The molecule has 1 aromatic heterocycles. The molecule has 1 heterocycles. The summed E-state index contributed by atoms with van der Waals surface area (Å²) in [4.78, 5) is 12.2. The monoisotopic (exact) mass is 344 g/mol. The molecular weight excluding hydrogens is 320 g/mol. The van der Waals surface area contributed by atoms with Crippen LogP contribution >= 0.6 is 11.8 Å². The van der Waals surface area contributed by atoms with E-state index >= 15 is 0 Å². The zero-order chi connectivity index (χ0) is 17.1. The third kappa shape index (κ3) is 3.98. The Morgan fingerprint density at radius 1 is 1.29 bits per heavy atom. The molecule has 0 bridgehead atoms. The fraction of sp³-hybridized carbons (Fsp3) is 0.500. The molecule has 1 aliphatic carbocycles. The molecular formula is C18H24N4OS. The highest BCUT2D eigenvalue weighted by atomic mass is 32.2. The van der Waals surface area contributed by atoms with E-state index in [2.05, 4.69) is 33.9 Å². The average Bonchev–Trinajstić information content (AvgIpc) is 3.32. The van der Waals surface area contributed by atoms with Gasteiger partial charge in [-0.25, -0.2) is 0 Å². The number of hydrogen-bond donors (Lipinski definition) is 1. The van der Waals surface area contributed by atoms with Crippen molar-refractivity contribution in [2.75, 3.05) is 11.1 Å². The Morgan fingerprint density at radius 3 is 2.75 bits per heavy atom. The number of nitrogens with zero attached hydrogens (tertiary/aromatic N) is 3. The minimum absolute atomic E-state index is 0.0118. The second-order valence-electron chi connectivity index (χ2n) is 6.40. The Kier molecular flexibility index (Phi) is 5.23. The van der Waals surface area contributed by atoms with Crippen molar-refractivity contribution in [3.05, 3.63) is 35.2 Å². The molecule has 6 heteroatoms. The van der Waals surface area contributed by atoms with Crippen molar-refractivity contribution < 1.29 is 4.79 Å². The largest absolute Gasteiger partial charge is 0.325 e. The van der Waals surface area contributed by atoms with E-state index in [4.69, 9.17) is 0 Å². The number of carbonyl (C=O) groups excluding carboxylic acids is 1. The summed E-state index contributed by atoms with van der Waals surface area (Å²) in [5.74, 6) is 2.00. The van der Waals surface area contributed by atoms with E-state index in [0.717, 1.165) is 29.6 Å². The van der Waals surface area contributed by atoms with Crippen molar-refractivity contribution >= 4 is 23.4 Å². The molecule has 24 heavy (non-hydrogen) atoms. The molecule has 0 unspecified atom stereocenters. The van der Waals surface area contributed by atoms with Crippen molar-refractivity contribution in [3.63, 3.8) is 0 Å². The quantitative estimate of drug-likeness (QED) is 0.774. The van der Waals surface area contributed by atoms with Gasteiger partial charge in [0.1, 0.15) is 5.82 Å². The van der Waals surface area contributed by atoms with Gasteiger partial charge in [-0.1, -0.05) is 24.8 Å². The summed E-state index contributed by atoms with van der Waals surface area (Å²) in [5.41, 5.74) is 3.25. The fourth-order valence-corrected chi connectivity index (χ4v) is 3.40. The van der Waals surface area contributed by atoms with E-state index in [1.165, 1.54) is 35.7 Å². The molecule has 5 nitrogen and oxygen atoms in total. The number of aromatic nitrogens is 3. The Morgan fingerprint density at radius 2 is 2.08 bits per heavy atom. The van der Waals surface area contributed by atoms with Crippen molar-refractivity contribution in [2.24, 2.45) is 0 Å². The lowest BCUT2D eigenvalue weighted by molar-refractivity contribution is -0.113. The molecule has 1 fully saturated rings. The zero-order valence-corrected chi connectivity index (χ0v) is 15.3. The fourth-order valence-electron chi connectivity index (χ4n) is 2.63. The Hall–Kier alpha value is -1.82. The van der Waals surface area contributed by atoms with Crippen molar-refractivity contribution in [1.82, 2.24) is 14.8 Å². The van der Waals surface area contributed by atoms with Gasteiger partial charge in [0, 0.05) is 18.2 Å². The number of thioether (sulfide) groups is 1. The summed E-state index contributed by atoms with van der Waals surface area (Å²) in [5, 5.41) is 12.4. The number of amides is 1. The molecule has 0 spiro atoms. The lowest BCUT2D eigenvalue weighted by Gasteiger charge is -2.09. The number of hydrogen-bond acceptors (Lipinski definition) is 4. The Labute approximate surface area is 147 Å². The van der Waals surface area contributed by atoms with Gasteiger partial charge < -0.3 is 9.88 Å². The van der Waals surface area contributed by atoms with Crippen LogP contribution in [0.5, 0.6) is 0 Å². The molecule has 1 amide bonds. The van der Waals surface area contributed by atoms with Crippen LogP contribution in [-0.2, 0) is 11.3 Å². The van der Waals surface area contributed by atoms with Gasteiger partial charge in [0.15, 0.2) is 5.16 Å². The maximum absolute atomic E-state index is 12.2. The second kappa shape index (κ2) is 7.38. The number of nitrogens with one attached hydrogen (secondary N) is 1. The highest BCUT2D eigenvalue weighted by molar-refractivity contribution is 7.99. The van der Waals surface area contributed by atoms with Crippen LogP contribution < -0.4 is 5.32 Å². The van der Waals surface area contributed by atoms with Gasteiger partial charge in [-0.2, -0.15) is 0 Å². The summed E-state index contributed by atoms with van der Waals surface area (Å²) < 4.78 is 2.19. The van der Waals surface area contributed by atoms with E-state index < -0.39 is 0 Å². The molecule has 1 aromatic carbocycles. The number of carbonyl (C=O) groups is 1. The van der Waals surface area contributed by atoms with Gasteiger partial charge in [-0.3, -0.25) is 4.79 Å². The lowest BCUT2D eigenvalue weighted by Crippen LogP contribution is -2.15. The van der Waals surface area contributed by atoms with Gasteiger partial charge in [0.25, 0.3) is 0 Å². The van der Waals surface area contributed by atoms with Gasteiger partial charge in [0.2, 0.25) is 5.91 Å². The third-order valence-electron chi connectivity index (χ3n) is 4.26. The molecule has 0 radical (unpaired) electrons. The van der Waals surface area contributed by atoms with Crippen LogP contribution in [0.4, 0.5) is 5.69 Å². The first kappa shape index (κ1) is 17.0. The zero-order valence-electron chi connectivity index (χ0n) is 14.5. The lowest BCUT2D eigenvalue weighted by atomic mass is 10.1. The maximum Gasteiger partial charge on any atom is 0.234 e. The van der Waals surface area contributed by atoms with Crippen LogP contribution in [0.2, 0.25) is 0 Å². The van der Waals surface area contributed by atoms with Crippen molar-refractivity contribution in [1.29, 1.82) is 0 Å².